The molecule has 12 nitrogen and oxygen atoms in total. The third-order valence-corrected chi connectivity index (χ3v) is 8.81. The van der Waals surface area contributed by atoms with E-state index in [1.54, 1.807) is 25.2 Å². The molecule has 2 N–H and O–H groups in total. The summed E-state index contributed by atoms with van der Waals surface area (Å²) in [6.07, 6.45) is 3.93. The summed E-state index contributed by atoms with van der Waals surface area (Å²) in [6.45, 7) is 2.75. The molecule has 3 aliphatic heterocycles. The van der Waals surface area contributed by atoms with Crippen molar-refractivity contribution in [1.82, 2.24) is 19.8 Å². The Kier molecular flexibility index (Phi) is 9.12. The van der Waals surface area contributed by atoms with Gasteiger partial charge in [0.15, 0.2) is 0 Å². The van der Waals surface area contributed by atoms with Crippen LogP contribution in [-0.2, 0) is 22.5 Å². The molecule has 3 amide bonds. The van der Waals surface area contributed by atoms with Crippen LogP contribution in [0.5, 0.6) is 5.88 Å². The van der Waals surface area contributed by atoms with Gasteiger partial charge in [0, 0.05) is 50.3 Å². The standard InChI is InChI=1S/C28H36N8O4S/c1-34-8-9-35(25(37)16-34)15-19-11-18-5-4-7-36(26(18)33-27(19)40-3)28(38)32-24-12-22(20(13-29)14-30-24)31-21-6-10-41-17-23(21)39-2/h11-12,14,21,23H,4-10,15-17H2,1-3H3,(H2,30,31,32,38). The highest BCUT2D eigenvalue weighted by molar-refractivity contribution is 7.99. The van der Waals surface area contributed by atoms with Crippen LogP contribution in [0.2, 0.25) is 0 Å². The van der Waals surface area contributed by atoms with Gasteiger partial charge in [-0.3, -0.25) is 19.9 Å². The molecule has 41 heavy (non-hydrogen) atoms. The van der Waals surface area contributed by atoms with Crippen LogP contribution < -0.4 is 20.3 Å². The van der Waals surface area contributed by atoms with Crippen LogP contribution >= 0.6 is 11.8 Å². The van der Waals surface area contributed by atoms with E-state index in [9.17, 15) is 14.9 Å². The van der Waals surface area contributed by atoms with Crippen molar-refractivity contribution < 1.29 is 19.1 Å². The number of aryl methyl sites for hydroxylation is 1. The maximum atomic E-state index is 13.5. The van der Waals surface area contributed by atoms with Crippen LogP contribution in [0, 0.1) is 11.3 Å². The minimum atomic E-state index is -0.366. The molecule has 2 aromatic heterocycles. The number of piperazine rings is 1. The number of nitrogens with zero attached hydrogens (tertiary/aromatic N) is 6. The monoisotopic (exact) mass is 580 g/mol. The number of pyridine rings is 2. The summed E-state index contributed by atoms with van der Waals surface area (Å²) in [5, 5.41) is 16.0. The fourth-order valence-corrected chi connectivity index (χ4v) is 6.62. The fraction of sp³-hybridized carbons (Fsp3) is 0.536. The van der Waals surface area contributed by atoms with Crippen molar-refractivity contribution in [2.75, 3.05) is 74.5 Å². The van der Waals surface area contributed by atoms with Crippen molar-refractivity contribution in [3.63, 3.8) is 0 Å². The number of hydrogen-bond acceptors (Lipinski definition) is 10. The van der Waals surface area contributed by atoms with Gasteiger partial charge in [0.05, 0.1) is 43.6 Å². The zero-order valence-electron chi connectivity index (χ0n) is 23.7. The normalized spacial score (nSPS) is 21.2. The first-order chi connectivity index (χ1) is 19.9. The van der Waals surface area contributed by atoms with Gasteiger partial charge in [0.25, 0.3) is 0 Å². The van der Waals surface area contributed by atoms with Crippen LogP contribution in [0.1, 0.15) is 29.5 Å². The third kappa shape index (κ3) is 6.50. The molecule has 2 fully saturated rings. The zero-order valence-corrected chi connectivity index (χ0v) is 24.5. The average molecular weight is 581 g/mol. The topological polar surface area (TPSA) is 136 Å². The molecule has 3 aliphatic rings. The van der Waals surface area contributed by atoms with Crippen molar-refractivity contribution in [2.45, 2.75) is 38.0 Å². The van der Waals surface area contributed by atoms with Gasteiger partial charge in [-0.05, 0) is 43.7 Å². The van der Waals surface area contributed by atoms with Crippen molar-refractivity contribution >= 4 is 41.0 Å². The first kappa shape index (κ1) is 28.9. The van der Waals surface area contributed by atoms with Crippen molar-refractivity contribution in [2.24, 2.45) is 0 Å². The molecule has 5 rings (SSSR count). The van der Waals surface area contributed by atoms with Gasteiger partial charge >= 0.3 is 6.03 Å². The number of nitrogens with one attached hydrogen (secondary N) is 2. The smallest absolute Gasteiger partial charge is 0.328 e. The molecule has 0 radical (unpaired) electrons. The number of nitriles is 1. The summed E-state index contributed by atoms with van der Waals surface area (Å²) >= 11 is 1.85. The molecule has 0 aromatic carbocycles. The Morgan fingerprint density at radius 3 is 2.88 bits per heavy atom. The van der Waals surface area contributed by atoms with Crippen molar-refractivity contribution in [3.8, 4) is 11.9 Å². The molecule has 5 heterocycles. The van der Waals surface area contributed by atoms with E-state index < -0.39 is 0 Å². The van der Waals surface area contributed by atoms with Gasteiger partial charge in [0.1, 0.15) is 17.7 Å². The molecule has 218 valence electrons. The maximum Gasteiger partial charge on any atom is 0.328 e. The van der Waals surface area contributed by atoms with E-state index in [2.05, 4.69) is 21.7 Å². The number of rotatable bonds is 7. The lowest BCUT2D eigenvalue weighted by Crippen LogP contribution is -2.48. The van der Waals surface area contributed by atoms with Crippen LogP contribution in [0.25, 0.3) is 0 Å². The van der Waals surface area contributed by atoms with E-state index in [4.69, 9.17) is 14.5 Å². The van der Waals surface area contributed by atoms with Gasteiger partial charge in [-0.2, -0.15) is 22.0 Å². The minimum Gasteiger partial charge on any atom is -0.481 e. The molecular formula is C28H36N8O4S. The van der Waals surface area contributed by atoms with Gasteiger partial charge in [-0.25, -0.2) is 9.78 Å². The molecule has 0 bridgehead atoms. The third-order valence-electron chi connectivity index (χ3n) is 7.72. The average Bonchev–Trinajstić information content (AvgIpc) is 2.98. The molecule has 0 saturated carbocycles. The van der Waals surface area contributed by atoms with E-state index in [1.165, 1.54) is 6.20 Å². The van der Waals surface area contributed by atoms with Crippen LogP contribution in [-0.4, -0.2) is 103 Å². The lowest BCUT2D eigenvalue weighted by Gasteiger charge is -2.33. The Balaban J connectivity index is 1.33. The van der Waals surface area contributed by atoms with Gasteiger partial charge in [-0.15, -0.1) is 0 Å². The summed E-state index contributed by atoms with van der Waals surface area (Å²) in [4.78, 5) is 40.5. The maximum absolute atomic E-state index is 13.5. The van der Waals surface area contributed by atoms with E-state index in [-0.39, 0.29) is 24.1 Å². The zero-order chi connectivity index (χ0) is 28.9. The van der Waals surface area contributed by atoms with E-state index in [0.29, 0.717) is 54.9 Å². The number of urea groups is 1. The number of carbonyl (C=O) groups excluding carboxylic acids is 2. The number of amides is 3. The first-order valence-corrected chi connectivity index (χ1v) is 14.9. The van der Waals surface area contributed by atoms with Crippen LogP contribution in [0.3, 0.4) is 0 Å². The Morgan fingerprint density at radius 2 is 2.12 bits per heavy atom. The minimum absolute atomic E-state index is 0.0247. The Morgan fingerprint density at radius 1 is 1.27 bits per heavy atom. The predicted molar refractivity (Wildman–Crippen MR) is 157 cm³/mol. The van der Waals surface area contributed by atoms with Gasteiger partial charge < -0.3 is 19.7 Å². The number of aromatic nitrogens is 2. The van der Waals surface area contributed by atoms with Crippen LogP contribution in [0.4, 0.5) is 22.1 Å². The molecule has 0 spiro atoms. The van der Waals surface area contributed by atoms with E-state index >= 15 is 0 Å². The summed E-state index contributed by atoms with van der Waals surface area (Å²) in [6, 6.07) is 5.57. The second kappa shape index (κ2) is 12.9. The molecule has 2 unspecified atom stereocenters. The number of carbonyl (C=O) groups is 2. The fourth-order valence-electron chi connectivity index (χ4n) is 5.43. The molecule has 2 atom stereocenters. The summed E-state index contributed by atoms with van der Waals surface area (Å²) in [5.41, 5.74) is 2.77. The number of hydrogen-bond donors (Lipinski definition) is 2. The Hall–Kier alpha value is -3.60. The lowest BCUT2D eigenvalue weighted by atomic mass is 10.0. The second-order valence-electron chi connectivity index (χ2n) is 10.5. The van der Waals surface area contributed by atoms with Gasteiger partial charge in [0.2, 0.25) is 11.8 Å². The van der Waals surface area contributed by atoms with Crippen molar-refractivity contribution in [3.05, 3.63) is 35.0 Å². The van der Waals surface area contributed by atoms with Gasteiger partial charge in [-0.1, -0.05) is 0 Å². The summed E-state index contributed by atoms with van der Waals surface area (Å²) < 4.78 is 11.2. The SMILES string of the molecule is COc1nc2c(cc1CN1CCN(C)CC1=O)CCCN2C(=O)Nc1cc(NC2CCSCC2OC)c(C#N)cn1. The number of anilines is 3. The van der Waals surface area contributed by atoms with E-state index in [0.717, 1.165) is 48.4 Å². The number of methoxy groups -OCH3 is 2. The number of likely N-dealkylation sites (N-methyl/N-ethyl adjacent to an activating group) is 1. The number of fused-ring (bicyclic) bond motifs is 1. The lowest BCUT2D eigenvalue weighted by molar-refractivity contribution is -0.136. The second-order valence-corrected chi connectivity index (χ2v) is 11.6. The molecular weight excluding hydrogens is 544 g/mol. The molecule has 2 saturated heterocycles. The van der Waals surface area contributed by atoms with Crippen LogP contribution in [0.15, 0.2) is 18.3 Å². The quantitative estimate of drug-likeness (QED) is 0.503. The predicted octanol–water partition coefficient (Wildman–Crippen LogP) is 2.55. The number of thioether (sulfide) groups is 1. The summed E-state index contributed by atoms with van der Waals surface area (Å²) in [5.74, 6) is 3.23. The highest BCUT2D eigenvalue weighted by Crippen LogP contribution is 2.32. The first-order valence-electron chi connectivity index (χ1n) is 13.8. The molecule has 0 aliphatic carbocycles. The van der Waals surface area contributed by atoms with E-state index in [1.807, 2.05) is 34.7 Å². The Labute approximate surface area is 244 Å². The largest absolute Gasteiger partial charge is 0.481 e. The molecule has 2 aromatic rings. The molecule has 13 heteroatoms. The van der Waals surface area contributed by atoms with Crippen molar-refractivity contribution in [1.29, 1.82) is 5.26 Å². The summed E-state index contributed by atoms with van der Waals surface area (Å²) in [7, 11) is 5.18. The Bertz CT molecular complexity index is 1330. The highest BCUT2D eigenvalue weighted by atomic mass is 32.2. The number of ether oxygens (including phenoxy) is 2. The highest BCUT2D eigenvalue weighted by Gasteiger charge is 2.29.